The second-order valence-corrected chi connectivity index (χ2v) is 5.40. The SMILES string of the molecule is O=C(/C=C\c1cc(Cl)cc(Cl)c1)NC1CCCC1. The van der Waals surface area contributed by atoms with Gasteiger partial charge in [0.15, 0.2) is 0 Å². The fourth-order valence-electron chi connectivity index (χ4n) is 2.16. The Morgan fingerprint density at radius 2 is 1.78 bits per heavy atom. The topological polar surface area (TPSA) is 29.1 Å². The van der Waals surface area contributed by atoms with Crippen molar-refractivity contribution in [2.24, 2.45) is 0 Å². The van der Waals surface area contributed by atoms with Crippen LogP contribution in [0.1, 0.15) is 31.2 Å². The highest BCUT2D eigenvalue weighted by Gasteiger charge is 2.15. The normalized spacial score (nSPS) is 16.3. The van der Waals surface area contributed by atoms with Crippen LogP contribution in [0.5, 0.6) is 0 Å². The van der Waals surface area contributed by atoms with E-state index in [0.29, 0.717) is 16.1 Å². The molecule has 0 aromatic heterocycles. The van der Waals surface area contributed by atoms with E-state index in [0.717, 1.165) is 18.4 Å². The highest BCUT2D eigenvalue weighted by molar-refractivity contribution is 6.34. The van der Waals surface area contributed by atoms with Gasteiger partial charge in [0.1, 0.15) is 0 Å². The van der Waals surface area contributed by atoms with Crippen LogP contribution in [0.2, 0.25) is 10.0 Å². The van der Waals surface area contributed by atoms with Gasteiger partial charge in [-0.3, -0.25) is 4.79 Å². The summed E-state index contributed by atoms with van der Waals surface area (Å²) in [5.74, 6) is -0.0574. The van der Waals surface area contributed by atoms with Crippen LogP contribution < -0.4 is 5.32 Å². The van der Waals surface area contributed by atoms with Gasteiger partial charge in [0.05, 0.1) is 0 Å². The minimum atomic E-state index is -0.0574. The lowest BCUT2D eigenvalue weighted by Gasteiger charge is -2.09. The van der Waals surface area contributed by atoms with Crippen molar-refractivity contribution in [3.05, 3.63) is 39.9 Å². The van der Waals surface area contributed by atoms with Crippen LogP contribution >= 0.6 is 23.2 Å². The molecule has 0 radical (unpaired) electrons. The van der Waals surface area contributed by atoms with Crippen molar-refractivity contribution < 1.29 is 4.79 Å². The van der Waals surface area contributed by atoms with E-state index in [1.807, 2.05) is 0 Å². The van der Waals surface area contributed by atoms with E-state index in [4.69, 9.17) is 23.2 Å². The molecule has 0 atom stereocenters. The molecule has 1 amide bonds. The quantitative estimate of drug-likeness (QED) is 0.833. The van der Waals surface area contributed by atoms with Gasteiger partial charge in [-0.1, -0.05) is 36.0 Å². The molecule has 1 aliphatic carbocycles. The fourth-order valence-corrected chi connectivity index (χ4v) is 2.71. The number of amides is 1. The van der Waals surface area contributed by atoms with Gasteiger partial charge in [-0.15, -0.1) is 0 Å². The predicted octanol–water partition coefficient (Wildman–Crippen LogP) is 4.07. The van der Waals surface area contributed by atoms with Crippen LogP contribution in [0.15, 0.2) is 24.3 Å². The maximum Gasteiger partial charge on any atom is 0.244 e. The molecule has 0 heterocycles. The zero-order valence-corrected chi connectivity index (χ0v) is 11.5. The minimum Gasteiger partial charge on any atom is -0.350 e. The van der Waals surface area contributed by atoms with Crippen LogP contribution in [-0.4, -0.2) is 11.9 Å². The summed E-state index contributed by atoms with van der Waals surface area (Å²) in [5, 5.41) is 4.12. The van der Waals surface area contributed by atoms with E-state index in [9.17, 15) is 4.79 Å². The van der Waals surface area contributed by atoms with Crippen molar-refractivity contribution >= 4 is 35.2 Å². The lowest BCUT2D eigenvalue weighted by atomic mass is 10.2. The molecule has 0 saturated heterocycles. The molecule has 4 heteroatoms. The molecule has 1 saturated carbocycles. The Hall–Kier alpha value is -0.990. The van der Waals surface area contributed by atoms with Crippen molar-refractivity contribution in [2.75, 3.05) is 0 Å². The van der Waals surface area contributed by atoms with E-state index in [-0.39, 0.29) is 5.91 Å². The smallest absolute Gasteiger partial charge is 0.244 e. The molecule has 18 heavy (non-hydrogen) atoms. The number of rotatable bonds is 3. The summed E-state index contributed by atoms with van der Waals surface area (Å²) < 4.78 is 0. The van der Waals surface area contributed by atoms with Crippen molar-refractivity contribution in [3.8, 4) is 0 Å². The van der Waals surface area contributed by atoms with Crippen molar-refractivity contribution in [2.45, 2.75) is 31.7 Å². The van der Waals surface area contributed by atoms with Crippen molar-refractivity contribution in [3.63, 3.8) is 0 Å². The number of carbonyl (C=O) groups is 1. The summed E-state index contributed by atoms with van der Waals surface area (Å²) in [6, 6.07) is 5.55. The van der Waals surface area contributed by atoms with Gasteiger partial charge in [0.25, 0.3) is 0 Å². The lowest BCUT2D eigenvalue weighted by molar-refractivity contribution is -0.117. The average molecular weight is 284 g/mol. The van der Waals surface area contributed by atoms with E-state index >= 15 is 0 Å². The summed E-state index contributed by atoms with van der Waals surface area (Å²) in [4.78, 5) is 11.7. The minimum absolute atomic E-state index is 0.0574. The predicted molar refractivity (Wildman–Crippen MR) is 75.9 cm³/mol. The summed E-state index contributed by atoms with van der Waals surface area (Å²) in [6.07, 6.45) is 7.84. The Labute approximate surface area is 117 Å². The Morgan fingerprint density at radius 1 is 1.17 bits per heavy atom. The third-order valence-electron chi connectivity index (χ3n) is 3.01. The van der Waals surface area contributed by atoms with Gasteiger partial charge < -0.3 is 5.32 Å². The number of hydrogen-bond acceptors (Lipinski definition) is 1. The van der Waals surface area contributed by atoms with Gasteiger partial charge in [-0.25, -0.2) is 0 Å². The van der Waals surface area contributed by atoms with Gasteiger partial charge in [0, 0.05) is 22.2 Å². The maximum absolute atomic E-state index is 11.7. The van der Waals surface area contributed by atoms with Crippen LogP contribution in [0.4, 0.5) is 0 Å². The number of benzene rings is 1. The van der Waals surface area contributed by atoms with E-state index in [1.54, 1.807) is 24.3 Å². The Balaban J connectivity index is 1.94. The summed E-state index contributed by atoms with van der Waals surface area (Å²) >= 11 is 11.8. The third kappa shape index (κ3) is 4.04. The zero-order chi connectivity index (χ0) is 13.0. The molecule has 1 aromatic carbocycles. The molecule has 96 valence electrons. The molecule has 0 aliphatic heterocycles. The van der Waals surface area contributed by atoms with Crippen LogP contribution in [-0.2, 0) is 4.79 Å². The molecule has 1 aliphatic rings. The van der Waals surface area contributed by atoms with Crippen LogP contribution in [0.25, 0.3) is 6.08 Å². The first-order valence-electron chi connectivity index (χ1n) is 6.08. The Bertz CT molecular complexity index is 445. The highest BCUT2D eigenvalue weighted by Crippen LogP contribution is 2.20. The van der Waals surface area contributed by atoms with Crippen LogP contribution in [0, 0.1) is 0 Å². The molecule has 0 bridgehead atoms. The molecule has 2 nitrogen and oxygen atoms in total. The molecule has 0 spiro atoms. The number of carbonyl (C=O) groups excluding carboxylic acids is 1. The summed E-state index contributed by atoms with van der Waals surface area (Å²) in [5.41, 5.74) is 0.828. The molecule has 1 aromatic rings. The second-order valence-electron chi connectivity index (χ2n) is 4.53. The molecule has 1 N–H and O–H groups in total. The standard InChI is InChI=1S/C14H15Cl2NO/c15-11-7-10(8-12(16)9-11)5-6-14(18)17-13-3-1-2-4-13/h5-9,13H,1-4H2,(H,17,18)/b6-5-. The first-order valence-corrected chi connectivity index (χ1v) is 6.84. The van der Waals surface area contributed by atoms with Gasteiger partial charge in [-0.2, -0.15) is 0 Å². The van der Waals surface area contributed by atoms with Gasteiger partial charge in [0.2, 0.25) is 5.91 Å². The van der Waals surface area contributed by atoms with E-state index in [2.05, 4.69) is 5.32 Å². The maximum atomic E-state index is 11.7. The largest absolute Gasteiger partial charge is 0.350 e. The van der Waals surface area contributed by atoms with Gasteiger partial charge in [-0.05, 0) is 42.7 Å². The first kappa shape index (κ1) is 13.4. The monoisotopic (exact) mass is 283 g/mol. The van der Waals surface area contributed by atoms with E-state index in [1.165, 1.54) is 18.9 Å². The number of nitrogens with one attached hydrogen (secondary N) is 1. The molecular formula is C14H15Cl2NO. The number of hydrogen-bond donors (Lipinski definition) is 1. The van der Waals surface area contributed by atoms with Crippen molar-refractivity contribution in [1.29, 1.82) is 0 Å². The lowest BCUT2D eigenvalue weighted by Crippen LogP contribution is -2.30. The summed E-state index contributed by atoms with van der Waals surface area (Å²) in [7, 11) is 0. The first-order chi connectivity index (χ1) is 8.63. The average Bonchev–Trinajstić information content (AvgIpc) is 2.78. The van der Waals surface area contributed by atoms with Crippen LogP contribution in [0.3, 0.4) is 0 Å². The summed E-state index contributed by atoms with van der Waals surface area (Å²) in [6.45, 7) is 0. The molecule has 0 unspecified atom stereocenters. The highest BCUT2D eigenvalue weighted by atomic mass is 35.5. The third-order valence-corrected chi connectivity index (χ3v) is 3.45. The number of halogens is 2. The Kier molecular flexibility index (Phi) is 4.67. The van der Waals surface area contributed by atoms with Crippen molar-refractivity contribution in [1.82, 2.24) is 5.32 Å². The molecule has 1 fully saturated rings. The van der Waals surface area contributed by atoms with E-state index < -0.39 is 0 Å². The van der Waals surface area contributed by atoms with Gasteiger partial charge >= 0.3 is 0 Å². The zero-order valence-electron chi connectivity index (χ0n) is 9.96. The fraction of sp³-hybridized carbons (Fsp3) is 0.357. The molecular weight excluding hydrogens is 269 g/mol. The Morgan fingerprint density at radius 3 is 2.39 bits per heavy atom. The second kappa shape index (κ2) is 6.26. The molecule has 2 rings (SSSR count).